The second-order valence-corrected chi connectivity index (χ2v) is 6.37. The van der Waals surface area contributed by atoms with Gasteiger partial charge in [-0.05, 0) is 39.7 Å². The molecule has 1 aromatic heterocycles. The summed E-state index contributed by atoms with van der Waals surface area (Å²) < 4.78 is 1.04. The van der Waals surface area contributed by atoms with E-state index in [1.54, 1.807) is 11.3 Å². The van der Waals surface area contributed by atoms with Crippen LogP contribution in [0.15, 0.2) is 39.7 Å². The van der Waals surface area contributed by atoms with Crippen LogP contribution in [0.25, 0.3) is 6.08 Å². The SMILES string of the molecule is O=C1/C(=C/c2cc(Br)cs2)Cc2c(Cl)cccc21. The Hall–Kier alpha value is -0.900. The predicted molar refractivity (Wildman–Crippen MR) is 79.5 cm³/mol. The van der Waals surface area contributed by atoms with Crippen molar-refractivity contribution in [1.82, 2.24) is 0 Å². The van der Waals surface area contributed by atoms with E-state index in [0.717, 1.165) is 26.0 Å². The molecular weight excluding hydrogens is 332 g/mol. The Morgan fingerprint density at radius 1 is 1.39 bits per heavy atom. The summed E-state index contributed by atoms with van der Waals surface area (Å²) in [7, 11) is 0. The van der Waals surface area contributed by atoms with Crippen LogP contribution in [-0.4, -0.2) is 5.78 Å². The molecule has 3 rings (SSSR count). The molecule has 0 N–H and O–H groups in total. The Morgan fingerprint density at radius 3 is 2.89 bits per heavy atom. The average Bonchev–Trinajstić information content (AvgIpc) is 2.88. The van der Waals surface area contributed by atoms with Crippen molar-refractivity contribution in [2.75, 3.05) is 0 Å². The number of hydrogen-bond acceptors (Lipinski definition) is 2. The molecule has 0 fully saturated rings. The maximum absolute atomic E-state index is 12.2. The number of Topliss-reactive ketones (excluding diaryl/α,β-unsaturated/α-hetero) is 1. The van der Waals surface area contributed by atoms with Gasteiger partial charge in [0.15, 0.2) is 5.78 Å². The first-order valence-corrected chi connectivity index (χ1v) is 7.47. The van der Waals surface area contributed by atoms with E-state index >= 15 is 0 Å². The number of carbonyl (C=O) groups is 1. The summed E-state index contributed by atoms with van der Waals surface area (Å²) in [6.07, 6.45) is 2.58. The number of thiophene rings is 1. The quantitative estimate of drug-likeness (QED) is 0.669. The number of carbonyl (C=O) groups excluding carboxylic acids is 1. The molecular formula is C14H8BrClOS. The number of fused-ring (bicyclic) bond motifs is 1. The van der Waals surface area contributed by atoms with Crippen LogP contribution in [0.5, 0.6) is 0 Å². The van der Waals surface area contributed by atoms with Crippen LogP contribution in [0.3, 0.4) is 0 Å². The number of allylic oxidation sites excluding steroid dienone is 1. The molecule has 2 aromatic rings. The predicted octanol–water partition coefficient (Wildman–Crippen LogP) is 4.99. The summed E-state index contributed by atoms with van der Waals surface area (Å²) >= 11 is 11.1. The van der Waals surface area contributed by atoms with Crippen molar-refractivity contribution >= 4 is 50.7 Å². The molecule has 4 heteroatoms. The number of hydrogen-bond donors (Lipinski definition) is 0. The van der Waals surface area contributed by atoms with E-state index < -0.39 is 0 Å². The zero-order chi connectivity index (χ0) is 12.7. The Labute approximate surface area is 122 Å². The van der Waals surface area contributed by atoms with Crippen molar-refractivity contribution in [2.24, 2.45) is 0 Å². The molecule has 0 spiro atoms. The van der Waals surface area contributed by atoms with Gasteiger partial charge >= 0.3 is 0 Å². The molecule has 1 aliphatic rings. The monoisotopic (exact) mass is 338 g/mol. The van der Waals surface area contributed by atoms with Crippen LogP contribution in [-0.2, 0) is 6.42 Å². The zero-order valence-corrected chi connectivity index (χ0v) is 12.4. The van der Waals surface area contributed by atoms with Crippen LogP contribution in [0.4, 0.5) is 0 Å². The molecule has 1 heterocycles. The van der Waals surface area contributed by atoms with E-state index in [-0.39, 0.29) is 5.78 Å². The van der Waals surface area contributed by atoms with E-state index in [1.807, 2.05) is 35.7 Å². The highest BCUT2D eigenvalue weighted by Crippen LogP contribution is 2.33. The van der Waals surface area contributed by atoms with E-state index in [4.69, 9.17) is 11.6 Å². The van der Waals surface area contributed by atoms with Crippen LogP contribution >= 0.6 is 38.9 Å². The number of ketones is 1. The molecule has 0 saturated carbocycles. The molecule has 0 bridgehead atoms. The molecule has 0 atom stereocenters. The second-order valence-electron chi connectivity index (χ2n) is 4.11. The van der Waals surface area contributed by atoms with Crippen molar-refractivity contribution < 1.29 is 4.79 Å². The van der Waals surface area contributed by atoms with Gasteiger partial charge in [0, 0.05) is 37.3 Å². The van der Waals surface area contributed by atoms with Crippen LogP contribution in [0, 0.1) is 0 Å². The van der Waals surface area contributed by atoms with Gasteiger partial charge in [-0.3, -0.25) is 4.79 Å². The lowest BCUT2D eigenvalue weighted by atomic mass is 10.1. The lowest BCUT2D eigenvalue weighted by molar-refractivity contribution is 0.104. The largest absolute Gasteiger partial charge is 0.289 e. The topological polar surface area (TPSA) is 17.1 Å². The highest BCUT2D eigenvalue weighted by molar-refractivity contribution is 9.10. The molecule has 0 saturated heterocycles. The fraction of sp³-hybridized carbons (Fsp3) is 0.0714. The number of rotatable bonds is 1. The maximum Gasteiger partial charge on any atom is 0.189 e. The first-order valence-electron chi connectivity index (χ1n) is 5.42. The molecule has 0 amide bonds. The van der Waals surface area contributed by atoms with Crippen LogP contribution in [0.2, 0.25) is 5.02 Å². The summed E-state index contributed by atoms with van der Waals surface area (Å²) in [4.78, 5) is 13.3. The number of halogens is 2. The minimum Gasteiger partial charge on any atom is -0.289 e. The van der Waals surface area contributed by atoms with E-state index in [2.05, 4.69) is 15.9 Å². The summed E-state index contributed by atoms with van der Waals surface area (Å²) in [5.41, 5.74) is 2.50. The van der Waals surface area contributed by atoms with Crippen molar-refractivity contribution in [3.8, 4) is 0 Å². The Kier molecular flexibility index (Phi) is 3.14. The highest BCUT2D eigenvalue weighted by Gasteiger charge is 2.26. The molecule has 18 heavy (non-hydrogen) atoms. The molecule has 90 valence electrons. The Balaban J connectivity index is 2.02. The van der Waals surface area contributed by atoms with Crippen LogP contribution in [0.1, 0.15) is 20.8 Å². The minimum atomic E-state index is 0.0945. The Morgan fingerprint density at radius 2 is 2.22 bits per heavy atom. The minimum absolute atomic E-state index is 0.0945. The fourth-order valence-corrected chi connectivity index (χ4v) is 3.73. The molecule has 1 aliphatic carbocycles. The van der Waals surface area contributed by atoms with Gasteiger partial charge in [0.1, 0.15) is 0 Å². The van der Waals surface area contributed by atoms with Gasteiger partial charge in [-0.15, -0.1) is 11.3 Å². The van der Waals surface area contributed by atoms with Crippen LogP contribution < -0.4 is 0 Å². The van der Waals surface area contributed by atoms with Gasteiger partial charge in [0.25, 0.3) is 0 Å². The standard InChI is InChI=1S/C14H8BrClOS/c15-9-6-10(18-7-9)4-8-5-12-11(14(8)17)2-1-3-13(12)16/h1-4,6-7H,5H2/b8-4+. The molecule has 0 unspecified atom stereocenters. The summed E-state index contributed by atoms with van der Waals surface area (Å²) in [6.45, 7) is 0. The van der Waals surface area contributed by atoms with Gasteiger partial charge in [-0.1, -0.05) is 23.7 Å². The summed E-state index contributed by atoms with van der Waals surface area (Å²) in [5, 5.41) is 2.68. The summed E-state index contributed by atoms with van der Waals surface area (Å²) in [6, 6.07) is 7.51. The molecule has 1 nitrogen and oxygen atoms in total. The van der Waals surface area contributed by atoms with E-state index in [0.29, 0.717) is 11.4 Å². The van der Waals surface area contributed by atoms with Gasteiger partial charge < -0.3 is 0 Å². The lowest BCUT2D eigenvalue weighted by Crippen LogP contribution is -1.94. The van der Waals surface area contributed by atoms with Gasteiger partial charge in [0.05, 0.1) is 0 Å². The normalized spacial score (nSPS) is 16.3. The first-order chi connectivity index (χ1) is 8.65. The Bertz CT molecular complexity index is 672. The van der Waals surface area contributed by atoms with E-state index in [1.165, 1.54) is 0 Å². The van der Waals surface area contributed by atoms with Gasteiger partial charge in [0.2, 0.25) is 0 Å². The van der Waals surface area contributed by atoms with Crippen molar-refractivity contribution in [3.05, 3.63) is 60.7 Å². The smallest absolute Gasteiger partial charge is 0.189 e. The average molecular weight is 340 g/mol. The van der Waals surface area contributed by atoms with Crippen molar-refractivity contribution in [2.45, 2.75) is 6.42 Å². The van der Waals surface area contributed by atoms with Gasteiger partial charge in [-0.25, -0.2) is 0 Å². The third-order valence-electron chi connectivity index (χ3n) is 2.93. The summed E-state index contributed by atoms with van der Waals surface area (Å²) in [5.74, 6) is 0.0945. The lowest BCUT2D eigenvalue weighted by Gasteiger charge is -1.97. The van der Waals surface area contributed by atoms with Gasteiger partial charge in [-0.2, -0.15) is 0 Å². The zero-order valence-electron chi connectivity index (χ0n) is 9.24. The molecule has 1 aromatic carbocycles. The molecule has 0 aliphatic heterocycles. The second kappa shape index (κ2) is 4.65. The maximum atomic E-state index is 12.2. The number of benzene rings is 1. The highest BCUT2D eigenvalue weighted by atomic mass is 79.9. The molecule has 0 radical (unpaired) electrons. The third-order valence-corrected chi connectivity index (χ3v) is 4.92. The van der Waals surface area contributed by atoms with Crippen molar-refractivity contribution in [3.63, 3.8) is 0 Å². The fourth-order valence-electron chi connectivity index (χ4n) is 2.09. The third kappa shape index (κ3) is 2.07. The van der Waals surface area contributed by atoms with E-state index in [9.17, 15) is 4.79 Å². The van der Waals surface area contributed by atoms with Crippen molar-refractivity contribution in [1.29, 1.82) is 0 Å². The first kappa shape index (κ1) is 12.2.